The van der Waals surface area contributed by atoms with E-state index in [1.54, 1.807) is 4.68 Å². The zero-order chi connectivity index (χ0) is 26.3. The van der Waals surface area contributed by atoms with Crippen molar-refractivity contribution >= 4 is 11.7 Å². The highest BCUT2D eigenvalue weighted by Gasteiger charge is 2.34. The Labute approximate surface area is 209 Å². The molecule has 2 aliphatic heterocycles. The van der Waals surface area contributed by atoms with Gasteiger partial charge in [-0.05, 0) is 38.1 Å². The molecule has 0 unspecified atom stereocenters. The summed E-state index contributed by atoms with van der Waals surface area (Å²) >= 11 is 0. The van der Waals surface area contributed by atoms with Gasteiger partial charge in [-0.1, -0.05) is 20.8 Å². The molecule has 10 heteroatoms. The number of aromatic nitrogens is 2. The van der Waals surface area contributed by atoms with Crippen LogP contribution in [0.2, 0.25) is 0 Å². The lowest BCUT2D eigenvalue weighted by molar-refractivity contribution is -0.137. The summed E-state index contributed by atoms with van der Waals surface area (Å²) < 4.78 is 53.8. The van der Waals surface area contributed by atoms with E-state index in [0.717, 1.165) is 49.3 Å². The van der Waals surface area contributed by atoms with E-state index in [0.29, 0.717) is 25.5 Å². The third-order valence-corrected chi connectivity index (χ3v) is 6.71. The third kappa shape index (κ3) is 5.86. The van der Waals surface area contributed by atoms with Crippen molar-refractivity contribution in [2.75, 3.05) is 38.7 Å². The van der Waals surface area contributed by atoms with Crippen LogP contribution in [0.4, 0.5) is 19.0 Å². The number of benzene rings is 1. The van der Waals surface area contributed by atoms with Gasteiger partial charge in [-0.15, -0.1) is 0 Å². The maximum absolute atomic E-state index is 13.5. The monoisotopic (exact) mass is 508 g/mol. The number of nitrogens with one attached hydrogen (secondary N) is 1. The zero-order valence-corrected chi connectivity index (χ0v) is 21.5. The molecule has 1 aromatic heterocycles. The molecule has 0 radical (unpaired) electrons. The van der Waals surface area contributed by atoms with Crippen molar-refractivity contribution in [2.45, 2.75) is 57.7 Å². The first kappa shape index (κ1) is 26.5. The van der Waals surface area contributed by atoms with Gasteiger partial charge >= 0.3 is 6.18 Å². The number of rotatable bonds is 7. The molecule has 0 aliphatic carbocycles. The number of amides is 1. The Morgan fingerprint density at radius 1 is 1.22 bits per heavy atom. The van der Waals surface area contributed by atoms with Crippen molar-refractivity contribution < 1.29 is 27.4 Å². The van der Waals surface area contributed by atoms with Crippen LogP contribution in [0, 0.1) is 5.92 Å². The van der Waals surface area contributed by atoms with Gasteiger partial charge in [-0.25, -0.2) is 0 Å². The molecule has 0 bridgehead atoms. The van der Waals surface area contributed by atoms with Gasteiger partial charge in [0.15, 0.2) is 5.82 Å². The number of hydrogen-bond donors (Lipinski definition) is 1. The van der Waals surface area contributed by atoms with Gasteiger partial charge in [0.2, 0.25) is 0 Å². The van der Waals surface area contributed by atoms with Crippen LogP contribution in [-0.4, -0.2) is 60.0 Å². The molecule has 0 spiro atoms. The summed E-state index contributed by atoms with van der Waals surface area (Å²) in [6.45, 7) is 8.90. The van der Waals surface area contributed by atoms with Crippen LogP contribution in [0.3, 0.4) is 0 Å². The van der Waals surface area contributed by atoms with Crippen molar-refractivity contribution in [2.24, 2.45) is 13.0 Å². The number of ether oxygens (including phenoxy) is 2. The van der Waals surface area contributed by atoms with Crippen LogP contribution in [0.25, 0.3) is 0 Å². The molecule has 2 aliphatic rings. The first-order valence-corrected chi connectivity index (χ1v) is 12.3. The largest absolute Gasteiger partial charge is 0.492 e. The quantitative estimate of drug-likeness (QED) is 0.590. The number of aryl methyl sites for hydroxylation is 1. The van der Waals surface area contributed by atoms with Gasteiger partial charge in [0.05, 0.1) is 23.8 Å². The molecule has 0 saturated carbocycles. The Kier molecular flexibility index (Phi) is 7.39. The molecule has 36 heavy (non-hydrogen) atoms. The molecule has 1 N–H and O–H groups in total. The van der Waals surface area contributed by atoms with Gasteiger partial charge < -0.3 is 19.7 Å². The highest BCUT2D eigenvalue weighted by Crippen LogP contribution is 2.35. The molecule has 1 atom stereocenters. The smallest absolute Gasteiger partial charge is 0.416 e. The average molecular weight is 509 g/mol. The van der Waals surface area contributed by atoms with Gasteiger partial charge in [0.25, 0.3) is 5.91 Å². The van der Waals surface area contributed by atoms with Crippen LogP contribution < -0.4 is 10.1 Å². The summed E-state index contributed by atoms with van der Waals surface area (Å²) in [5.41, 5.74) is 0.460. The Bertz CT molecular complexity index is 1100. The standard InChI is InChI=1S/C26H35F3N4O3/c1-25(2,3)22-20(12-18-7-6-10-35-18)23(31-33(22)5)30-24(34)19-11-17(26(27,28)29)8-9-21(19)36-15-16-13-32(4)14-16/h8-9,11,16,18H,6-7,10,12-15H2,1-5H3,(H,30,31,34)/t18-/m1/s1. The number of anilines is 1. The molecule has 2 fully saturated rings. The van der Waals surface area contributed by atoms with Crippen molar-refractivity contribution in [3.8, 4) is 5.75 Å². The minimum atomic E-state index is -4.58. The lowest BCUT2D eigenvalue weighted by Gasteiger charge is -2.35. The summed E-state index contributed by atoms with van der Waals surface area (Å²) in [5, 5.41) is 7.34. The number of likely N-dealkylation sites (tertiary alicyclic amines) is 1. The van der Waals surface area contributed by atoms with Crippen LogP contribution in [0.1, 0.15) is 60.8 Å². The molecule has 2 saturated heterocycles. The summed E-state index contributed by atoms with van der Waals surface area (Å²) in [6.07, 6.45) is -2.12. The van der Waals surface area contributed by atoms with Crippen molar-refractivity contribution in [3.05, 3.63) is 40.6 Å². The van der Waals surface area contributed by atoms with Crippen LogP contribution in [0.15, 0.2) is 18.2 Å². The second kappa shape index (κ2) is 10.0. The van der Waals surface area contributed by atoms with Crippen LogP contribution in [-0.2, 0) is 29.8 Å². The van der Waals surface area contributed by atoms with E-state index in [4.69, 9.17) is 9.47 Å². The molecule has 2 aromatic rings. The van der Waals surface area contributed by atoms with E-state index in [1.165, 1.54) is 6.07 Å². The number of halogens is 3. The Morgan fingerprint density at radius 3 is 2.53 bits per heavy atom. The SMILES string of the molecule is CN1CC(COc2ccc(C(F)(F)F)cc2C(=O)Nc2nn(C)c(C(C)(C)C)c2C[C@H]2CCCO2)C1. The zero-order valence-electron chi connectivity index (χ0n) is 21.5. The highest BCUT2D eigenvalue weighted by molar-refractivity contribution is 6.06. The van der Waals surface area contributed by atoms with Gasteiger partial charge in [-0.2, -0.15) is 18.3 Å². The Morgan fingerprint density at radius 2 is 1.94 bits per heavy atom. The highest BCUT2D eigenvalue weighted by atomic mass is 19.4. The average Bonchev–Trinajstić information content (AvgIpc) is 3.37. The maximum atomic E-state index is 13.5. The Balaban J connectivity index is 1.64. The number of nitrogens with zero attached hydrogens (tertiary/aromatic N) is 3. The molecule has 1 aromatic carbocycles. The molecular weight excluding hydrogens is 473 g/mol. The fourth-order valence-electron chi connectivity index (χ4n) is 5.16. The van der Waals surface area contributed by atoms with Gasteiger partial charge in [-0.3, -0.25) is 9.48 Å². The van der Waals surface area contributed by atoms with Crippen molar-refractivity contribution in [1.82, 2.24) is 14.7 Å². The lowest BCUT2D eigenvalue weighted by atomic mass is 9.87. The van der Waals surface area contributed by atoms with Crippen molar-refractivity contribution in [3.63, 3.8) is 0 Å². The minimum absolute atomic E-state index is 0.0130. The predicted molar refractivity (Wildman–Crippen MR) is 130 cm³/mol. The summed E-state index contributed by atoms with van der Waals surface area (Å²) in [4.78, 5) is 15.5. The van der Waals surface area contributed by atoms with Gasteiger partial charge in [0.1, 0.15) is 5.75 Å². The van der Waals surface area contributed by atoms with E-state index in [9.17, 15) is 18.0 Å². The van der Waals surface area contributed by atoms with E-state index < -0.39 is 17.6 Å². The maximum Gasteiger partial charge on any atom is 0.416 e. The molecule has 4 rings (SSSR count). The summed E-state index contributed by atoms with van der Waals surface area (Å²) in [6, 6.07) is 3.03. The van der Waals surface area contributed by atoms with E-state index in [2.05, 4.69) is 36.1 Å². The van der Waals surface area contributed by atoms with Crippen LogP contribution in [0.5, 0.6) is 5.75 Å². The number of hydrogen-bond acceptors (Lipinski definition) is 5. The molecule has 7 nitrogen and oxygen atoms in total. The molecular formula is C26H35F3N4O3. The van der Waals surface area contributed by atoms with E-state index >= 15 is 0 Å². The number of alkyl halides is 3. The molecule has 1 amide bonds. The van der Waals surface area contributed by atoms with Gasteiger partial charge in [0, 0.05) is 55.8 Å². The predicted octanol–water partition coefficient (Wildman–Crippen LogP) is 4.65. The first-order chi connectivity index (χ1) is 16.8. The Hall–Kier alpha value is -2.59. The van der Waals surface area contributed by atoms with Crippen molar-refractivity contribution in [1.29, 1.82) is 0 Å². The molecule has 198 valence electrons. The second-order valence-electron chi connectivity index (χ2n) is 10.9. The lowest BCUT2D eigenvalue weighted by Crippen LogP contribution is -2.46. The topological polar surface area (TPSA) is 68.6 Å². The third-order valence-electron chi connectivity index (χ3n) is 6.71. The number of carbonyl (C=O) groups excluding carboxylic acids is 1. The summed E-state index contributed by atoms with van der Waals surface area (Å²) in [5.74, 6) is 0.0555. The van der Waals surface area contributed by atoms with Crippen LogP contribution >= 0.6 is 0 Å². The fraction of sp³-hybridized carbons (Fsp3) is 0.615. The second-order valence-corrected chi connectivity index (χ2v) is 10.9. The fourth-order valence-corrected chi connectivity index (χ4v) is 5.16. The minimum Gasteiger partial charge on any atom is -0.492 e. The van der Waals surface area contributed by atoms with E-state index in [-0.39, 0.29) is 28.7 Å². The molecule has 3 heterocycles. The normalized spacial score (nSPS) is 19.4. The van der Waals surface area contributed by atoms with E-state index in [1.807, 2.05) is 14.1 Å². The summed E-state index contributed by atoms with van der Waals surface area (Å²) in [7, 11) is 3.80. The first-order valence-electron chi connectivity index (χ1n) is 12.3. The number of carbonyl (C=O) groups is 1.